The van der Waals surface area contributed by atoms with Crippen molar-refractivity contribution in [2.24, 2.45) is 34.2 Å². The number of amides is 1. The molecule has 6 aliphatic rings. The first-order chi connectivity index (χ1) is 19.4. The van der Waals surface area contributed by atoms with Crippen LogP contribution in [0.25, 0.3) is 0 Å². The first-order valence-electron chi connectivity index (χ1n) is 15.4. The van der Waals surface area contributed by atoms with Crippen LogP contribution in [-0.2, 0) is 19.1 Å². The molecular weight excluding hydrogens is 515 g/mol. The second-order valence-corrected chi connectivity index (χ2v) is 12.5. The summed E-state index contributed by atoms with van der Waals surface area (Å²) in [4.78, 5) is 35.6. The number of carbonyl (C=O) groups is 2. The SMILES string of the molecule is NC(N)=NCCCCNC1C(F)CC2C(=O)C(C(=O)N3CCOCC3)=CN3C4C(CCC5CCCCC54)OC1C23. The van der Waals surface area contributed by atoms with E-state index in [1.165, 1.54) is 19.3 Å². The van der Waals surface area contributed by atoms with Crippen molar-refractivity contribution in [3.05, 3.63) is 11.8 Å². The van der Waals surface area contributed by atoms with Crippen LogP contribution in [0, 0.1) is 17.8 Å². The van der Waals surface area contributed by atoms with Crippen molar-refractivity contribution in [2.45, 2.75) is 94.3 Å². The number of unbranched alkanes of at least 4 members (excludes halogenated alkanes) is 1. The molecule has 2 saturated heterocycles. The molecule has 5 fully saturated rings. The van der Waals surface area contributed by atoms with Crippen LogP contribution in [-0.4, -0.2) is 103 Å². The van der Waals surface area contributed by atoms with Crippen LogP contribution >= 0.6 is 0 Å². The molecule has 0 aromatic heterocycles. The van der Waals surface area contributed by atoms with E-state index in [0.717, 1.165) is 32.1 Å². The number of hydrogen-bond acceptors (Lipinski definition) is 7. The molecular formula is C29H45FN6O4. The number of nitrogens with one attached hydrogen (secondary N) is 1. The molecule has 1 amide bonds. The number of hydrogen-bond donors (Lipinski definition) is 3. The van der Waals surface area contributed by atoms with Gasteiger partial charge < -0.3 is 36.1 Å². The number of alkyl halides is 1. The van der Waals surface area contributed by atoms with Crippen LogP contribution in [0.4, 0.5) is 4.39 Å². The number of nitrogens with two attached hydrogens (primary N) is 2. The summed E-state index contributed by atoms with van der Waals surface area (Å²) in [6.07, 6.45) is 8.76. The highest BCUT2D eigenvalue weighted by Crippen LogP contribution is 2.51. The van der Waals surface area contributed by atoms with Crippen LogP contribution in [0.3, 0.4) is 0 Å². The minimum absolute atomic E-state index is 0.0260. The molecule has 0 aromatic rings. The zero-order valence-electron chi connectivity index (χ0n) is 23.4. The second kappa shape index (κ2) is 11.9. The normalized spacial score (nSPS) is 39.0. The number of halogens is 1. The van der Waals surface area contributed by atoms with E-state index in [1.807, 2.05) is 6.20 Å². The van der Waals surface area contributed by atoms with Gasteiger partial charge in [-0.3, -0.25) is 14.6 Å². The van der Waals surface area contributed by atoms with E-state index in [1.54, 1.807) is 4.90 Å². The molecule has 11 heteroatoms. The Balaban J connectivity index is 1.28. The lowest BCUT2D eigenvalue weighted by Crippen LogP contribution is -2.74. The van der Waals surface area contributed by atoms with Crippen LogP contribution in [0.5, 0.6) is 0 Å². The third-order valence-electron chi connectivity index (χ3n) is 10.3. The first-order valence-corrected chi connectivity index (χ1v) is 15.4. The summed E-state index contributed by atoms with van der Waals surface area (Å²) in [5, 5.41) is 3.44. The quantitative estimate of drug-likeness (QED) is 0.182. The Morgan fingerprint density at radius 2 is 1.90 bits per heavy atom. The van der Waals surface area contributed by atoms with Gasteiger partial charge in [0.15, 0.2) is 11.7 Å². The van der Waals surface area contributed by atoms with E-state index in [2.05, 4.69) is 15.2 Å². The Bertz CT molecular complexity index is 1010. The fourth-order valence-corrected chi connectivity index (χ4v) is 8.45. The average molecular weight is 561 g/mol. The van der Waals surface area contributed by atoms with Crippen LogP contribution in [0.2, 0.25) is 0 Å². The van der Waals surface area contributed by atoms with Crippen molar-refractivity contribution in [1.29, 1.82) is 0 Å². The number of ketones is 1. The maximum atomic E-state index is 15.9. The molecule has 0 spiro atoms. The number of carbonyl (C=O) groups excluding carboxylic acids is 2. The summed E-state index contributed by atoms with van der Waals surface area (Å²) < 4.78 is 28.2. The molecule has 3 saturated carbocycles. The lowest BCUT2D eigenvalue weighted by molar-refractivity contribution is -0.215. The number of rotatable bonds is 7. The number of morpholine rings is 2. The highest BCUT2D eigenvalue weighted by molar-refractivity contribution is 6.20. The van der Waals surface area contributed by atoms with Crippen LogP contribution in [0.15, 0.2) is 16.8 Å². The molecule has 0 aromatic carbocycles. The van der Waals surface area contributed by atoms with Gasteiger partial charge in [0.2, 0.25) is 0 Å². The maximum absolute atomic E-state index is 15.9. The third-order valence-corrected chi connectivity index (χ3v) is 10.3. The largest absolute Gasteiger partial charge is 0.378 e. The number of guanidine groups is 1. The molecule has 10 nitrogen and oxygen atoms in total. The number of nitrogens with zero attached hydrogens (tertiary/aromatic N) is 3. The predicted molar refractivity (Wildman–Crippen MR) is 148 cm³/mol. The first kappa shape index (κ1) is 27.9. The summed E-state index contributed by atoms with van der Waals surface area (Å²) >= 11 is 0. The third kappa shape index (κ3) is 5.25. The lowest BCUT2D eigenvalue weighted by Gasteiger charge is -2.62. The molecule has 3 aliphatic carbocycles. The molecule has 0 bridgehead atoms. The minimum Gasteiger partial charge on any atom is -0.378 e. The fraction of sp³-hybridized carbons (Fsp3) is 0.828. The van der Waals surface area contributed by atoms with Gasteiger partial charge in [-0.05, 0) is 56.9 Å². The summed E-state index contributed by atoms with van der Waals surface area (Å²) in [5.74, 6) is 0.153. The Morgan fingerprint density at radius 1 is 1.10 bits per heavy atom. The van der Waals surface area contributed by atoms with Gasteiger partial charge in [-0.15, -0.1) is 0 Å². The van der Waals surface area contributed by atoms with Gasteiger partial charge in [-0.25, -0.2) is 4.39 Å². The van der Waals surface area contributed by atoms with Gasteiger partial charge in [0.05, 0.1) is 49.1 Å². The monoisotopic (exact) mass is 560 g/mol. The maximum Gasteiger partial charge on any atom is 0.259 e. The lowest BCUT2D eigenvalue weighted by atomic mass is 9.63. The van der Waals surface area contributed by atoms with Gasteiger partial charge >= 0.3 is 0 Å². The molecule has 40 heavy (non-hydrogen) atoms. The number of ether oxygens (including phenoxy) is 2. The van der Waals surface area contributed by atoms with Gasteiger partial charge in [0, 0.05) is 31.8 Å². The Hall–Kier alpha value is -2.24. The topological polar surface area (TPSA) is 136 Å². The van der Waals surface area contributed by atoms with Crippen molar-refractivity contribution < 1.29 is 23.5 Å². The zero-order valence-corrected chi connectivity index (χ0v) is 23.4. The van der Waals surface area contributed by atoms with Gasteiger partial charge in [-0.2, -0.15) is 0 Å². The molecule has 0 radical (unpaired) electrons. The minimum atomic E-state index is -1.24. The highest BCUT2D eigenvalue weighted by Gasteiger charge is 2.60. The van der Waals surface area contributed by atoms with Crippen molar-refractivity contribution in [3.63, 3.8) is 0 Å². The smallest absolute Gasteiger partial charge is 0.259 e. The number of Topliss-reactive ketones (excluding diaryl/α,β-unsaturated/α-hetero) is 1. The van der Waals surface area contributed by atoms with E-state index in [-0.39, 0.29) is 47.8 Å². The molecule has 3 heterocycles. The summed E-state index contributed by atoms with van der Waals surface area (Å²) in [6, 6.07) is -0.642. The van der Waals surface area contributed by atoms with Crippen LogP contribution in [0.1, 0.15) is 57.8 Å². The second-order valence-electron chi connectivity index (χ2n) is 12.5. The summed E-state index contributed by atoms with van der Waals surface area (Å²) in [5.41, 5.74) is 11.1. The van der Waals surface area contributed by atoms with Crippen molar-refractivity contribution in [2.75, 3.05) is 39.4 Å². The average Bonchev–Trinajstić information content (AvgIpc) is 2.97. The molecule has 3 aliphatic heterocycles. The molecule has 9 atom stereocenters. The van der Waals surface area contributed by atoms with Crippen molar-refractivity contribution >= 4 is 17.6 Å². The van der Waals surface area contributed by atoms with E-state index >= 15 is 4.39 Å². The van der Waals surface area contributed by atoms with Crippen molar-refractivity contribution in [3.8, 4) is 0 Å². The predicted octanol–water partition coefficient (Wildman–Crippen LogP) is 1.09. The molecule has 222 valence electrons. The van der Waals surface area contributed by atoms with E-state index in [0.29, 0.717) is 51.2 Å². The molecule has 9 unspecified atom stereocenters. The molecule has 6 rings (SSSR count). The van der Waals surface area contributed by atoms with E-state index in [9.17, 15) is 9.59 Å². The van der Waals surface area contributed by atoms with Gasteiger partial charge in [0.1, 0.15) is 6.17 Å². The van der Waals surface area contributed by atoms with E-state index < -0.39 is 24.2 Å². The Kier molecular flexibility index (Phi) is 8.33. The Morgan fingerprint density at radius 3 is 2.70 bits per heavy atom. The number of fused-ring (bicyclic) bond motifs is 4. The fourth-order valence-electron chi connectivity index (χ4n) is 8.45. The summed E-state index contributed by atoms with van der Waals surface area (Å²) in [7, 11) is 0. The van der Waals surface area contributed by atoms with E-state index in [4.69, 9.17) is 20.9 Å². The van der Waals surface area contributed by atoms with Crippen molar-refractivity contribution in [1.82, 2.24) is 15.1 Å². The highest BCUT2D eigenvalue weighted by atomic mass is 19.1. The van der Waals surface area contributed by atoms with Crippen LogP contribution < -0.4 is 16.8 Å². The Labute approximate surface area is 236 Å². The summed E-state index contributed by atoms with van der Waals surface area (Å²) in [6.45, 7) is 3.05. The van der Waals surface area contributed by atoms with Gasteiger partial charge in [0.25, 0.3) is 5.91 Å². The molecule has 5 N–H and O–H groups in total. The number of aliphatic imine (C=N–C) groups is 1. The standard InChI is InChI=1S/C29H45FN6O4/c30-21-15-19-25-27(23(21)33-9-3-4-10-34-29(31)32)40-22-8-7-17-5-1-2-6-18(17)24(22)36(25)16-20(26(19)37)28(38)35-11-13-39-14-12-35/h16-19,21-25,27,33H,1-15H2,(H4,31,32,34). The zero-order chi connectivity index (χ0) is 27.8. The van der Waals surface area contributed by atoms with Gasteiger partial charge in [-0.1, -0.05) is 19.3 Å².